The number of aliphatic hydroxyl groups excluding tert-OH is 1. The molecular formula is C16H32N2O2. The molecule has 0 aliphatic heterocycles. The molecule has 0 bridgehead atoms. The molecule has 1 rings (SSSR count). The number of amides is 1. The molecule has 1 fully saturated rings. The van der Waals surface area contributed by atoms with Gasteiger partial charge in [0.05, 0.1) is 0 Å². The van der Waals surface area contributed by atoms with Crippen molar-refractivity contribution < 1.29 is 9.90 Å². The Morgan fingerprint density at radius 3 is 2.50 bits per heavy atom. The molecule has 0 heterocycles. The molecule has 20 heavy (non-hydrogen) atoms. The van der Waals surface area contributed by atoms with Gasteiger partial charge in [-0.15, -0.1) is 0 Å². The number of rotatable bonds is 5. The number of carbonyl (C=O) groups is 1. The van der Waals surface area contributed by atoms with E-state index in [9.17, 15) is 4.79 Å². The van der Waals surface area contributed by atoms with Crippen LogP contribution in [0.15, 0.2) is 0 Å². The first-order chi connectivity index (χ1) is 9.23. The molecule has 118 valence electrons. The van der Waals surface area contributed by atoms with Gasteiger partial charge in [0.2, 0.25) is 5.91 Å². The lowest BCUT2D eigenvalue weighted by Gasteiger charge is -2.47. The Morgan fingerprint density at radius 2 is 2.00 bits per heavy atom. The van der Waals surface area contributed by atoms with E-state index in [2.05, 4.69) is 20.8 Å². The molecule has 1 amide bonds. The Labute approximate surface area is 123 Å². The summed E-state index contributed by atoms with van der Waals surface area (Å²) in [5.41, 5.74) is 6.11. The van der Waals surface area contributed by atoms with Gasteiger partial charge >= 0.3 is 0 Å². The Kier molecular flexibility index (Phi) is 6.02. The summed E-state index contributed by atoms with van der Waals surface area (Å²) in [6.07, 6.45) is 2.44. The molecule has 3 N–H and O–H groups in total. The van der Waals surface area contributed by atoms with E-state index < -0.39 is 0 Å². The molecule has 3 atom stereocenters. The van der Waals surface area contributed by atoms with E-state index in [1.54, 1.807) is 0 Å². The number of nitrogens with two attached hydrogens (primary N) is 1. The average molecular weight is 284 g/mol. The van der Waals surface area contributed by atoms with Gasteiger partial charge < -0.3 is 15.7 Å². The third-order valence-corrected chi connectivity index (χ3v) is 5.26. The standard InChI is InChI=1S/C16H32N2O2/c1-11(2)18(9-6-10-19)15(20)13-7-8-14(17)12(3)16(13,4)5/h11-14,19H,6-10,17H2,1-5H3. The van der Waals surface area contributed by atoms with E-state index in [4.69, 9.17) is 10.8 Å². The van der Waals surface area contributed by atoms with Crippen LogP contribution in [0.3, 0.4) is 0 Å². The van der Waals surface area contributed by atoms with Gasteiger partial charge in [-0.1, -0.05) is 20.8 Å². The fourth-order valence-corrected chi connectivity index (χ4v) is 3.36. The second-order valence-corrected chi connectivity index (χ2v) is 7.11. The summed E-state index contributed by atoms with van der Waals surface area (Å²) >= 11 is 0. The fraction of sp³-hybridized carbons (Fsp3) is 0.938. The van der Waals surface area contributed by atoms with Crippen molar-refractivity contribution >= 4 is 5.91 Å². The lowest BCUT2D eigenvalue weighted by molar-refractivity contribution is -0.145. The highest BCUT2D eigenvalue weighted by Crippen LogP contribution is 2.45. The Morgan fingerprint density at radius 1 is 1.40 bits per heavy atom. The zero-order valence-corrected chi connectivity index (χ0v) is 13.7. The van der Waals surface area contributed by atoms with E-state index >= 15 is 0 Å². The normalized spacial score (nSPS) is 29.5. The number of carbonyl (C=O) groups excluding carboxylic acids is 1. The molecule has 1 aliphatic rings. The van der Waals surface area contributed by atoms with Crippen LogP contribution in [0.4, 0.5) is 0 Å². The highest BCUT2D eigenvalue weighted by molar-refractivity contribution is 5.80. The van der Waals surface area contributed by atoms with Crippen molar-refractivity contribution in [2.45, 2.75) is 66.0 Å². The molecule has 1 aliphatic carbocycles. The molecule has 3 unspecified atom stereocenters. The minimum Gasteiger partial charge on any atom is -0.396 e. The van der Waals surface area contributed by atoms with Crippen LogP contribution >= 0.6 is 0 Å². The minimum atomic E-state index is -0.0683. The van der Waals surface area contributed by atoms with Gasteiger partial charge in [0.15, 0.2) is 0 Å². The second-order valence-electron chi connectivity index (χ2n) is 7.11. The van der Waals surface area contributed by atoms with Crippen molar-refractivity contribution in [2.24, 2.45) is 23.0 Å². The zero-order chi connectivity index (χ0) is 15.5. The fourth-order valence-electron chi connectivity index (χ4n) is 3.36. The van der Waals surface area contributed by atoms with Crippen LogP contribution in [0.5, 0.6) is 0 Å². The SMILES string of the molecule is CC(C)N(CCCO)C(=O)C1CCC(N)C(C)C1(C)C. The van der Waals surface area contributed by atoms with Crippen LogP contribution in [0.1, 0.15) is 53.9 Å². The largest absolute Gasteiger partial charge is 0.396 e. The summed E-state index contributed by atoms with van der Waals surface area (Å²) in [6.45, 7) is 11.4. The molecule has 0 aromatic heterocycles. The van der Waals surface area contributed by atoms with Crippen molar-refractivity contribution in [3.8, 4) is 0 Å². The van der Waals surface area contributed by atoms with Gasteiger partial charge in [0.25, 0.3) is 0 Å². The topological polar surface area (TPSA) is 66.6 Å². The summed E-state index contributed by atoms with van der Waals surface area (Å²) in [4.78, 5) is 14.8. The van der Waals surface area contributed by atoms with Gasteiger partial charge in [-0.3, -0.25) is 4.79 Å². The molecule has 0 spiro atoms. The Balaban J connectivity index is 2.88. The molecule has 0 radical (unpaired) electrons. The summed E-state index contributed by atoms with van der Waals surface area (Å²) in [5.74, 6) is 0.618. The Bertz CT molecular complexity index is 328. The highest BCUT2D eigenvalue weighted by atomic mass is 16.3. The average Bonchev–Trinajstić information content (AvgIpc) is 2.36. The van der Waals surface area contributed by atoms with Crippen molar-refractivity contribution in [1.82, 2.24) is 4.90 Å². The van der Waals surface area contributed by atoms with Crippen molar-refractivity contribution in [3.63, 3.8) is 0 Å². The molecule has 0 saturated heterocycles. The van der Waals surface area contributed by atoms with Crippen LogP contribution in [0.2, 0.25) is 0 Å². The maximum Gasteiger partial charge on any atom is 0.226 e. The third-order valence-electron chi connectivity index (χ3n) is 5.26. The second kappa shape index (κ2) is 6.90. The van der Waals surface area contributed by atoms with Gasteiger partial charge in [-0.05, 0) is 44.4 Å². The van der Waals surface area contributed by atoms with Crippen LogP contribution < -0.4 is 5.73 Å². The smallest absolute Gasteiger partial charge is 0.226 e. The Hall–Kier alpha value is -0.610. The number of hydrogen-bond acceptors (Lipinski definition) is 3. The highest BCUT2D eigenvalue weighted by Gasteiger charge is 2.46. The van der Waals surface area contributed by atoms with E-state index in [1.807, 2.05) is 18.7 Å². The molecule has 4 heteroatoms. The number of aliphatic hydroxyl groups is 1. The van der Waals surface area contributed by atoms with Crippen LogP contribution in [-0.2, 0) is 4.79 Å². The third kappa shape index (κ3) is 3.53. The summed E-state index contributed by atoms with van der Waals surface area (Å²) < 4.78 is 0. The van der Waals surface area contributed by atoms with E-state index in [-0.39, 0.29) is 35.9 Å². The first kappa shape index (κ1) is 17.4. The van der Waals surface area contributed by atoms with Gasteiger partial charge in [-0.2, -0.15) is 0 Å². The van der Waals surface area contributed by atoms with E-state index in [0.717, 1.165) is 12.8 Å². The summed E-state index contributed by atoms with van der Waals surface area (Å²) in [7, 11) is 0. The summed E-state index contributed by atoms with van der Waals surface area (Å²) in [6, 6.07) is 0.370. The van der Waals surface area contributed by atoms with Crippen molar-refractivity contribution in [1.29, 1.82) is 0 Å². The number of hydrogen-bond donors (Lipinski definition) is 2. The number of nitrogens with zero attached hydrogens (tertiary/aromatic N) is 1. The maximum atomic E-state index is 12.9. The van der Waals surface area contributed by atoms with Gasteiger partial charge in [0, 0.05) is 31.2 Å². The monoisotopic (exact) mass is 284 g/mol. The molecule has 0 aromatic carbocycles. The first-order valence-corrected chi connectivity index (χ1v) is 7.90. The van der Waals surface area contributed by atoms with Crippen LogP contribution in [0, 0.1) is 17.3 Å². The quantitative estimate of drug-likeness (QED) is 0.811. The predicted molar refractivity (Wildman–Crippen MR) is 82.2 cm³/mol. The maximum absolute atomic E-state index is 12.9. The van der Waals surface area contributed by atoms with Crippen LogP contribution in [-0.4, -0.2) is 41.1 Å². The van der Waals surface area contributed by atoms with Gasteiger partial charge in [-0.25, -0.2) is 0 Å². The molecule has 0 aromatic rings. The zero-order valence-electron chi connectivity index (χ0n) is 13.7. The summed E-state index contributed by atoms with van der Waals surface area (Å²) in [5, 5.41) is 9.01. The molecule has 4 nitrogen and oxygen atoms in total. The molecule has 1 saturated carbocycles. The molecular weight excluding hydrogens is 252 g/mol. The lowest BCUT2D eigenvalue weighted by atomic mass is 9.60. The first-order valence-electron chi connectivity index (χ1n) is 7.90. The predicted octanol–water partition coefficient (Wildman–Crippen LogP) is 2.01. The minimum absolute atomic E-state index is 0.0402. The lowest BCUT2D eigenvalue weighted by Crippen LogP contribution is -2.53. The van der Waals surface area contributed by atoms with Gasteiger partial charge in [0.1, 0.15) is 0 Å². The van der Waals surface area contributed by atoms with E-state index in [1.165, 1.54) is 0 Å². The van der Waals surface area contributed by atoms with Crippen molar-refractivity contribution in [2.75, 3.05) is 13.2 Å². The van der Waals surface area contributed by atoms with E-state index in [0.29, 0.717) is 18.9 Å². The van der Waals surface area contributed by atoms with Crippen LogP contribution in [0.25, 0.3) is 0 Å². The van der Waals surface area contributed by atoms with Crippen molar-refractivity contribution in [3.05, 3.63) is 0 Å².